The van der Waals surface area contributed by atoms with Gasteiger partial charge in [-0.05, 0) is 25.0 Å². The van der Waals surface area contributed by atoms with Crippen LogP contribution in [0.25, 0.3) is 11.0 Å². The van der Waals surface area contributed by atoms with Gasteiger partial charge in [-0.15, -0.1) is 0 Å². The zero-order valence-electron chi connectivity index (χ0n) is 13.3. The molecule has 1 saturated carbocycles. The largest absolute Gasteiger partial charge is 0.461 e. The minimum absolute atomic E-state index is 0.0833. The van der Waals surface area contributed by atoms with Gasteiger partial charge in [0.15, 0.2) is 0 Å². The molecule has 5 nitrogen and oxygen atoms in total. The Kier molecular flexibility index (Phi) is 5.18. The van der Waals surface area contributed by atoms with Crippen molar-refractivity contribution >= 4 is 17.0 Å². The highest BCUT2D eigenvalue weighted by atomic mass is 16.3. The smallest absolute Gasteiger partial charge is 0.315 e. The number of carbonyl (C=O) groups excluding carboxylic acids is 1. The topological polar surface area (TPSA) is 74.5 Å². The summed E-state index contributed by atoms with van der Waals surface area (Å²) in [6, 6.07) is 9.82. The second-order valence-corrected chi connectivity index (χ2v) is 6.23. The third kappa shape index (κ3) is 4.05. The van der Waals surface area contributed by atoms with Crippen LogP contribution in [0.15, 0.2) is 34.7 Å². The Bertz CT molecular complexity index is 620. The lowest BCUT2D eigenvalue weighted by Crippen LogP contribution is -2.48. The highest BCUT2D eigenvalue weighted by Gasteiger charge is 2.25. The first-order valence-electron chi connectivity index (χ1n) is 8.39. The Morgan fingerprint density at radius 2 is 2.09 bits per heavy atom. The molecule has 2 atom stereocenters. The molecule has 3 N–H and O–H groups in total. The van der Waals surface area contributed by atoms with Crippen LogP contribution in [0, 0.1) is 5.92 Å². The molecule has 5 heteroatoms. The predicted molar refractivity (Wildman–Crippen MR) is 89.3 cm³/mol. The van der Waals surface area contributed by atoms with Crippen LogP contribution in [0.1, 0.15) is 31.4 Å². The number of fused-ring (bicyclic) bond motifs is 1. The molecule has 0 radical (unpaired) electrons. The van der Waals surface area contributed by atoms with E-state index in [4.69, 9.17) is 4.42 Å². The number of nitrogens with one attached hydrogen (secondary N) is 2. The molecule has 1 aromatic heterocycles. The second kappa shape index (κ2) is 7.51. The van der Waals surface area contributed by atoms with Crippen molar-refractivity contribution in [2.24, 2.45) is 5.92 Å². The van der Waals surface area contributed by atoms with E-state index in [1.165, 1.54) is 0 Å². The van der Waals surface area contributed by atoms with Crippen molar-refractivity contribution in [3.8, 4) is 0 Å². The Morgan fingerprint density at radius 1 is 1.26 bits per heavy atom. The number of carbonyl (C=O) groups is 1. The Hall–Kier alpha value is -2.01. The van der Waals surface area contributed by atoms with Gasteiger partial charge in [-0.2, -0.15) is 0 Å². The molecule has 1 aromatic carbocycles. The van der Waals surface area contributed by atoms with E-state index in [0.29, 0.717) is 13.0 Å². The van der Waals surface area contributed by atoms with Crippen molar-refractivity contribution in [2.45, 2.75) is 38.1 Å². The minimum atomic E-state index is -0.161. The molecule has 2 aromatic rings. The van der Waals surface area contributed by atoms with Gasteiger partial charge in [0.05, 0.1) is 0 Å². The molecular formula is C18H24N2O3. The first kappa shape index (κ1) is 15.9. The zero-order valence-corrected chi connectivity index (χ0v) is 13.3. The fraction of sp³-hybridized carbons (Fsp3) is 0.500. The van der Waals surface area contributed by atoms with Crippen molar-refractivity contribution in [3.63, 3.8) is 0 Å². The average molecular weight is 316 g/mol. The van der Waals surface area contributed by atoms with E-state index in [-0.39, 0.29) is 24.6 Å². The molecule has 1 aliphatic carbocycles. The number of aliphatic hydroxyl groups excluding tert-OH is 1. The van der Waals surface area contributed by atoms with Crippen molar-refractivity contribution in [2.75, 3.05) is 13.2 Å². The maximum Gasteiger partial charge on any atom is 0.315 e. The monoisotopic (exact) mass is 316 g/mol. The number of urea groups is 1. The number of hydrogen-bond acceptors (Lipinski definition) is 3. The van der Waals surface area contributed by atoms with Crippen LogP contribution >= 0.6 is 0 Å². The molecule has 0 bridgehead atoms. The van der Waals surface area contributed by atoms with Crippen molar-refractivity contribution in [3.05, 3.63) is 36.1 Å². The van der Waals surface area contributed by atoms with Gasteiger partial charge in [-0.1, -0.05) is 31.0 Å². The fourth-order valence-electron chi connectivity index (χ4n) is 3.29. The lowest BCUT2D eigenvalue weighted by Gasteiger charge is -2.30. The van der Waals surface area contributed by atoms with Crippen LogP contribution in [0.5, 0.6) is 0 Å². The van der Waals surface area contributed by atoms with Crippen LogP contribution in [0.4, 0.5) is 4.79 Å². The number of hydrogen-bond donors (Lipinski definition) is 3. The summed E-state index contributed by atoms with van der Waals surface area (Å²) in [6.07, 6.45) is 4.84. The molecule has 1 fully saturated rings. The quantitative estimate of drug-likeness (QED) is 0.794. The van der Waals surface area contributed by atoms with E-state index in [9.17, 15) is 9.90 Å². The lowest BCUT2D eigenvalue weighted by molar-refractivity contribution is 0.154. The van der Waals surface area contributed by atoms with Crippen LogP contribution < -0.4 is 10.6 Å². The lowest BCUT2D eigenvalue weighted by atomic mass is 9.85. The standard InChI is InChI=1S/C18H24N2O3/c21-12-14-6-1-3-7-16(14)20-18(22)19-10-9-15-11-13-5-2-4-8-17(13)23-15/h2,4-5,8,11,14,16,21H,1,3,6-7,9-10,12H2,(H2,19,20,22). The summed E-state index contributed by atoms with van der Waals surface area (Å²) in [5.74, 6) is 1.06. The van der Waals surface area contributed by atoms with Gasteiger partial charge in [0, 0.05) is 36.9 Å². The predicted octanol–water partition coefficient (Wildman–Crippen LogP) is 2.83. The number of aliphatic hydroxyl groups is 1. The SMILES string of the molecule is O=C(NCCc1cc2ccccc2o1)NC1CCCCC1CO. The molecule has 2 amide bonds. The molecule has 2 unspecified atom stereocenters. The van der Waals surface area contributed by atoms with E-state index >= 15 is 0 Å². The third-order valence-corrected chi connectivity index (χ3v) is 4.59. The molecule has 3 rings (SSSR count). The summed E-state index contributed by atoms with van der Waals surface area (Å²) < 4.78 is 5.73. The van der Waals surface area contributed by atoms with Crippen LogP contribution in [-0.2, 0) is 6.42 Å². The number of para-hydroxylation sites is 1. The Balaban J connectivity index is 1.45. The Morgan fingerprint density at radius 3 is 2.91 bits per heavy atom. The molecule has 1 aliphatic rings. The van der Waals surface area contributed by atoms with E-state index in [0.717, 1.165) is 42.4 Å². The van der Waals surface area contributed by atoms with Gasteiger partial charge < -0.3 is 20.2 Å². The van der Waals surface area contributed by atoms with E-state index in [1.807, 2.05) is 30.3 Å². The van der Waals surface area contributed by atoms with Crippen LogP contribution in [0.3, 0.4) is 0 Å². The van der Waals surface area contributed by atoms with Crippen LogP contribution in [0.2, 0.25) is 0 Å². The summed E-state index contributed by atoms with van der Waals surface area (Å²) in [6.45, 7) is 0.673. The number of rotatable bonds is 5. The summed E-state index contributed by atoms with van der Waals surface area (Å²) in [5, 5.41) is 16.3. The third-order valence-electron chi connectivity index (χ3n) is 4.59. The first-order chi connectivity index (χ1) is 11.3. The number of benzene rings is 1. The number of amides is 2. The molecule has 124 valence electrons. The fourth-order valence-corrected chi connectivity index (χ4v) is 3.29. The molecule has 0 saturated heterocycles. The minimum Gasteiger partial charge on any atom is -0.461 e. The van der Waals surface area contributed by atoms with Crippen molar-refractivity contribution in [1.82, 2.24) is 10.6 Å². The highest BCUT2D eigenvalue weighted by Crippen LogP contribution is 2.23. The van der Waals surface area contributed by atoms with Gasteiger partial charge in [0.1, 0.15) is 11.3 Å². The van der Waals surface area contributed by atoms with E-state index in [2.05, 4.69) is 10.6 Å². The van der Waals surface area contributed by atoms with Crippen LogP contribution in [-0.4, -0.2) is 30.3 Å². The summed E-state index contributed by atoms with van der Waals surface area (Å²) >= 11 is 0. The zero-order chi connectivity index (χ0) is 16.1. The molecule has 0 aliphatic heterocycles. The second-order valence-electron chi connectivity index (χ2n) is 6.23. The molecular weight excluding hydrogens is 292 g/mol. The van der Waals surface area contributed by atoms with E-state index in [1.54, 1.807) is 0 Å². The molecule has 0 spiro atoms. The maximum atomic E-state index is 12.0. The summed E-state index contributed by atoms with van der Waals surface area (Å²) in [7, 11) is 0. The molecule has 23 heavy (non-hydrogen) atoms. The van der Waals surface area contributed by atoms with Gasteiger partial charge >= 0.3 is 6.03 Å². The van der Waals surface area contributed by atoms with Gasteiger partial charge in [-0.25, -0.2) is 4.79 Å². The Labute approximate surface area is 136 Å². The molecule has 1 heterocycles. The van der Waals surface area contributed by atoms with Crippen molar-refractivity contribution in [1.29, 1.82) is 0 Å². The van der Waals surface area contributed by atoms with Gasteiger partial charge in [0.2, 0.25) is 0 Å². The average Bonchev–Trinajstić information content (AvgIpc) is 2.98. The summed E-state index contributed by atoms with van der Waals surface area (Å²) in [5.41, 5.74) is 0.875. The first-order valence-corrected chi connectivity index (χ1v) is 8.39. The van der Waals surface area contributed by atoms with Crippen molar-refractivity contribution < 1.29 is 14.3 Å². The number of furan rings is 1. The van der Waals surface area contributed by atoms with E-state index < -0.39 is 0 Å². The van der Waals surface area contributed by atoms with Gasteiger partial charge in [0.25, 0.3) is 0 Å². The highest BCUT2D eigenvalue weighted by molar-refractivity contribution is 5.77. The summed E-state index contributed by atoms with van der Waals surface area (Å²) in [4.78, 5) is 12.0. The maximum absolute atomic E-state index is 12.0. The normalized spacial score (nSPS) is 21.3. The van der Waals surface area contributed by atoms with Gasteiger partial charge in [-0.3, -0.25) is 0 Å².